The summed E-state index contributed by atoms with van der Waals surface area (Å²) in [6.07, 6.45) is 5.16. The van der Waals surface area contributed by atoms with Crippen LogP contribution < -0.4 is 4.74 Å². The van der Waals surface area contributed by atoms with Crippen molar-refractivity contribution < 1.29 is 18.3 Å². The van der Waals surface area contributed by atoms with Crippen LogP contribution >= 0.6 is 0 Å². The maximum absolute atomic E-state index is 12.2. The van der Waals surface area contributed by atoms with Gasteiger partial charge in [0.25, 0.3) is 0 Å². The Hall–Kier alpha value is -1.55. The van der Waals surface area contributed by atoms with Crippen molar-refractivity contribution in [2.24, 2.45) is 0 Å². The fraction of sp³-hybridized carbons (Fsp3) is 0.385. The molecule has 0 atom stereocenters. The molecule has 1 rings (SSSR count). The molecule has 5 nitrogen and oxygen atoms in total. The van der Waals surface area contributed by atoms with Crippen molar-refractivity contribution >= 4 is 10.0 Å². The number of aliphatic hydroxyl groups is 1. The second kappa shape index (κ2) is 7.14. The quantitative estimate of drug-likeness (QED) is 0.748. The molecule has 0 aliphatic carbocycles. The molecule has 0 fully saturated rings. The van der Waals surface area contributed by atoms with E-state index in [-0.39, 0.29) is 24.7 Å². The summed E-state index contributed by atoms with van der Waals surface area (Å²) < 4.78 is 30.8. The number of aliphatic hydroxyl groups excluding tert-OH is 1. The van der Waals surface area contributed by atoms with Crippen molar-refractivity contribution in [3.63, 3.8) is 0 Å². The molecule has 1 N–H and O–H groups in total. The lowest BCUT2D eigenvalue weighted by molar-refractivity contribution is 0.201. The summed E-state index contributed by atoms with van der Waals surface area (Å²) in [5, 5.41) is 8.63. The van der Waals surface area contributed by atoms with E-state index in [1.165, 1.54) is 16.4 Å². The predicted molar refractivity (Wildman–Crippen MR) is 72.3 cm³/mol. The Morgan fingerprint density at radius 3 is 2.47 bits per heavy atom. The van der Waals surface area contributed by atoms with Gasteiger partial charge < -0.3 is 9.84 Å². The fourth-order valence-corrected chi connectivity index (χ4v) is 2.85. The number of terminal acetylenes is 1. The van der Waals surface area contributed by atoms with E-state index < -0.39 is 10.0 Å². The predicted octanol–water partition coefficient (Wildman–Crippen LogP) is 0.702. The van der Waals surface area contributed by atoms with Crippen LogP contribution in [-0.2, 0) is 10.0 Å². The van der Waals surface area contributed by atoms with Crippen molar-refractivity contribution in [2.75, 3.05) is 26.3 Å². The van der Waals surface area contributed by atoms with Crippen molar-refractivity contribution in [3.05, 3.63) is 24.3 Å². The number of ether oxygens (including phenoxy) is 1. The summed E-state index contributed by atoms with van der Waals surface area (Å²) in [5.41, 5.74) is 0. The molecule has 0 aromatic heterocycles. The van der Waals surface area contributed by atoms with Crippen LogP contribution in [0.1, 0.15) is 6.92 Å². The molecule has 0 amide bonds. The van der Waals surface area contributed by atoms with Crippen LogP contribution in [0.15, 0.2) is 29.2 Å². The van der Waals surface area contributed by atoms with E-state index in [9.17, 15) is 8.42 Å². The van der Waals surface area contributed by atoms with Gasteiger partial charge in [0.15, 0.2) is 0 Å². The van der Waals surface area contributed by atoms with Crippen molar-refractivity contribution in [1.82, 2.24) is 4.31 Å². The van der Waals surface area contributed by atoms with E-state index >= 15 is 0 Å². The minimum absolute atomic E-state index is 0.0433. The first-order valence-corrected chi connectivity index (χ1v) is 7.27. The first-order chi connectivity index (χ1) is 9.06. The van der Waals surface area contributed by atoms with Crippen LogP contribution in [0.25, 0.3) is 0 Å². The molecule has 6 heteroatoms. The van der Waals surface area contributed by atoms with E-state index in [4.69, 9.17) is 16.3 Å². The zero-order chi connectivity index (χ0) is 14.3. The third-order valence-electron chi connectivity index (χ3n) is 2.44. The number of hydrogen-bond donors (Lipinski definition) is 1. The highest BCUT2D eigenvalue weighted by Gasteiger charge is 2.21. The summed E-state index contributed by atoms with van der Waals surface area (Å²) >= 11 is 0. The number of rotatable bonds is 7. The van der Waals surface area contributed by atoms with Gasteiger partial charge in [-0.2, -0.15) is 4.31 Å². The molecule has 0 radical (unpaired) electrons. The third kappa shape index (κ3) is 3.96. The van der Waals surface area contributed by atoms with Crippen LogP contribution in [0, 0.1) is 12.3 Å². The number of hydrogen-bond acceptors (Lipinski definition) is 4. The SMILES string of the molecule is C#CCN(CC)S(=O)(=O)c1ccc(OCCO)cc1. The lowest BCUT2D eigenvalue weighted by Crippen LogP contribution is -2.31. The van der Waals surface area contributed by atoms with Crippen LogP contribution in [0.3, 0.4) is 0 Å². The third-order valence-corrected chi connectivity index (χ3v) is 4.38. The maximum Gasteiger partial charge on any atom is 0.243 e. The Kier molecular flexibility index (Phi) is 5.83. The number of nitrogens with zero attached hydrogens (tertiary/aromatic N) is 1. The summed E-state index contributed by atoms with van der Waals surface area (Å²) in [4.78, 5) is 0.168. The summed E-state index contributed by atoms with van der Waals surface area (Å²) in [6, 6.07) is 6.01. The van der Waals surface area contributed by atoms with Gasteiger partial charge in [-0.3, -0.25) is 0 Å². The fourth-order valence-electron chi connectivity index (χ4n) is 1.49. The largest absolute Gasteiger partial charge is 0.491 e. The van der Waals surface area contributed by atoms with Crippen molar-refractivity contribution in [2.45, 2.75) is 11.8 Å². The molecule has 0 spiro atoms. The van der Waals surface area contributed by atoms with E-state index in [1.807, 2.05) is 0 Å². The van der Waals surface area contributed by atoms with Crippen LogP contribution in [0.5, 0.6) is 5.75 Å². The van der Waals surface area contributed by atoms with Gasteiger partial charge >= 0.3 is 0 Å². The van der Waals surface area contributed by atoms with Crippen molar-refractivity contribution in [3.8, 4) is 18.1 Å². The highest BCUT2D eigenvalue weighted by atomic mass is 32.2. The Balaban J connectivity index is 2.93. The molecule has 1 aromatic carbocycles. The van der Waals surface area contributed by atoms with Gasteiger partial charge in [-0.15, -0.1) is 6.42 Å². The average Bonchev–Trinajstić information content (AvgIpc) is 2.42. The average molecular weight is 283 g/mol. The maximum atomic E-state index is 12.2. The molecule has 0 saturated carbocycles. The molecule has 0 saturated heterocycles. The van der Waals surface area contributed by atoms with E-state index in [0.717, 1.165) is 0 Å². The number of sulfonamides is 1. The summed E-state index contributed by atoms with van der Waals surface area (Å²) in [6.45, 7) is 2.17. The lowest BCUT2D eigenvalue weighted by Gasteiger charge is -2.17. The number of benzene rings is 1. The highest BCUT2D eigenvalue weighted by Crippen LogP contribution is 2.19. The topological polar surface area (TPSA) is 66.8 Å². The van der Waals surface area contributed by atoms with Crippen molar-refractivity contribution in [1.29, 1.82) is 0 Å². The zero-order valence-corrected chi connectivity index (χ0v) is 11.6. The standard InChI is InChI=1S/C13H17NO4S/c1-3-9-14(4-2)19(16,17)13-7-5-12(6-8-13)18-11-10-15/h1,5-8,15H,4,9-11H2,2H3. The highest BCUT2D eigenvalue weighted by molar-refractivity contribution is 7.89. The van der Waals surface area contributed by atoms with Crippen LogP contribution in [0.2, 0.25) is 0 Å². The normalized spacial score (nSPS) is 11.3. The van der Waals surface area contributed by atoms with Gasteiger partial charge in [-0.05, 0) is 24.3 Å². The Morgan fingerprint density at radius 1 is 1.37 bits per heavy atom. The van der Waals surface area contributed by atoms with Gasteiger partial charge in [0.05, 0.1) is 18.0 Å². The first kappa shape index (κ1) is 15.5. The zero-order valence-electron chi connectivity index (χ0n) is 10.7. The van der Waals surface area contributed by atoms with E-state index in [0.29, 0.717) is 12.3 Å². The van der Waals surface area contributed by atoms with E-state index in [1.54, 1.807) is 19.1 Å². The molecule has 0 heterocycles. The Morgan fingerprint density at radius 2 is 2.00 bits per heavy atom. The van der Waals surface area contributed by atoms with Gasteiger partial charge in [-0.1, -0.05) is 12.8 Å². The lowest BCUT2D eigenvalue weighted by atomic mass is 10.3. The molecular weight excluding hydrogens is 266 g/mol. The monoisotopic (exact) mass is 283 g/mol. The molecule has 19 heavy (non-hydrogen) atoms. The molecule has 1 aromatic rings. The minimum Gasteiger partial charge on any atom is -0.491 e. The smallest absolute Gasteiger partial charge is 0.243 e. The first-order valence-electron chi connectivity index (χ1n) is 5.83. The Labute approximate surface area is 113 Å². The van der Waals surface area contributed by atoms with Crippen LogP contribution in [-0.4, -0.2) is 44.1 Å². The second-order valence-electron chi connectivity index (χ2n) is 3.68. The van der Waals surface area contributed by atoms with Gasteiger partial charge in [0.2, 0.25) is 10.0 Å². The van der Waals surface area contributed by atoms with Crippen LogP contribution in [0.4, 0.5) is 0 Å². The molecule has 0 bridgehead atoms. The van der Waals surface area contributed by atoms with E-state index in [2.05, 4.69) is 5.92 Å². The Bertz CT molecular complexity index is 531. The molecule has 0 unspecified atom stereocenters. The molecule has 0 aliphatic rings. The van der Waals surface area contributed by atoms with Gasteiger partial charge in [-0.25, -0.2) is 8.42 Å². The minimum atomic E-state index is -3.56. The molecular formula is C13H17NO4S. The summed E-state index contributed by atoms with van der Waals surface area (Å²) in [5.74, 6) is 2.84. The molecule has 104 valence electrons. The summed E-state index contributed by atoms with van der Waals surface area (Å²) in [7, 11) is -3.56. The molecule has 0 aliphatic heterocycles. The second-order valence-corrected chi connectivity index (χ2v) is 5.62. The van der Waals surface area contributed by atoms with Gasteiger partial charge in [0.1, 0.15) is 12.4 Å². The van der Waals surface area contributed by atoms with Gasteiger partial charge in [0, 0.05) is 6.54 Å².